The van der Waals surface area contributed by atoms with Gasteiger partial charge in [0.05, 0.1) is 0 Å². The zero-order chi connectivity index (χ0) is 9.84. The van der Waals surface area contributed by atoms with E-state index in [-0.39, 0.29) is 0 Å². The molecule has 0 spiro atoms. The van der Waals surface area contributed by atoms with Gasteiger partial charge >= 0.3 is 0 Å². The average Bonchev–Trinajstić information content (AvgIpc) is 2.08. The van der Waals surface area contributed by atoms with Gasteiger partial charge in [-0.1, -0.05) is 32.1 Å². The van der Waals surface area contributed by atoms with Crippen molar-refractivity contribution < 1.29 is 0 Å². The molecular weight excluding hydrogens is 158 g/mol. The van der Waals surface area contributed by atoms with Crippen LogP contribution in [0.1, 0.15) is 43.6 Å². The van der Waals surface area contributed by atoms with Crippen LogP contribution >= 0.6 is 0 Å². The standard InChI is InChI=1S/C12H17N/c1-5-6-11-7-8-12(9(2)3)13-10(11)4/h5-9H,1-4H3/b6-5-. The topological polar surface area (TPSA) is 12.9 Å². The van der Waals surface area contributed by atoms with Crippen LogP contribution in [0.2, 0.25) is 0 Å². The summed E-state index contributed by atoms with van der Waals surface area (Å²) in [6.07, 6.45) is 4.13. The van der Waals surface area contributed by atoms with Gasteiger partial charge < -0.3 is 0 Å². The molecule has 1 heteroatoms. The first-order chi connectivity index (χ1) is 6.15. The molecule has 1 rings (SSSR count). The SMILES string of the molecule is C/C=C\c1ccc(C(C)C)nc1C. The molecule has 0 aliphatic heterocycles. The molecule has 13 heavy (non-hydrogen) atoms. The second kappa shape index (κ2) is 4.22. The zero-order valence-electron chi connectivity index (χ0n) is 8.83. The van der Waals surface area contributed by atoms with Crippen LogP contribution in [0.3, 0.4) is 0 Å². The summed E-state index contributed by atoms with van der Waals surface area (Å²) in [6.45, 7) is 8.41. The molecule has 0 atom stereocenters. The fourth-order valence-corrected chi connectivity index (χ4v) is 1.27. The number of allylic oxidation sites excluding steroid dienone is 1. The minimum Gasteiger partial charge on any atom is -0.257 e. The minimum atomic E-state index is 0.512. The van der Waals surface area contributed by atoms with Gasteiger partial charge in [-0.2, -0.15) is 0 Å². The lowest BCUT2D eigenvalue weighted by molar-refractivity contribution is 0.815. The molecule has 0 saturated carbocycles. The van der Waals surface area contributed by atoms with E-state index >= 15 is 0 Å². The Morgan fingerprint density at radius 3 is 2.46 bits per heavy atom. The van der Waals surface area contributed by atoms with Crippen molar-refractivity contribution in [3.8, 4) is 0 Å². The maximum atomic E-state index is 4.54. The largest absolute Gasteiger partial charge is 0.257 e. The molecule has 0 aromatic carbocycles. The summed E-state index contributed by atoms with van der Waals surface area (Å²) in [4.78, 5) is 4.54. The lowest BCUT2D eigenvalue weighted by Gasteiger charge is -2.06. The predicted octanol–water partition coefficient (Wildman–Crippen LogP) is 3.55. The monoisotopic (exact) mass is 175 g/mol. The Labute approximate surface area is 80.5 Å². The Bertz CT molecular complexity index is 311. The third-order valence-electron chi connectivity index (χ3n) is 2.09. The second-order valence-corrected chi connectivity index (χ2v) is 3.57. The molecule has 1 nitrogen and oxygen atoms in total. The number of hydrogen-bond donors (Lipinski definition) is 0. The molecule has 0 amide bonds. The van der Waals surface area contributed by atoms with Crippen LogP contribution in [0.25, 0.3) is 6.08 Å². The van der Waals surface area contributed by atoms with Gasteiger partial charge in [0, 0.05) is 11.4 Å². The molecule has 70 valence electrons. The van der Waals surface area contributed by atoms with Crippen molar-refractivity contribution in [1.82, 2.24) is 4.98 Å². The van der Waals surface area contributed by atoms with Crippen LogP contribution < -0.4 is 0 Å². The van der Waals surface area contributed by atoms with Crippen molar-refractivity contribution in [1.29, 1.82) is 0 Å². The number of nitrogens with zero attached hydrogens (tertiary/aromatic N) is 1. The summed E-state index contributed by atoms with van der Waals surface area (Å²) in [6, 6.07) is 4.24. The van der Waals surface area contributed by atoms with Crippen molar-refractivity contribution in [2.24, 2.45) is 0 Å². The molecule has 0 radical (unpaired) electrons. The molecule has 0 bridgehead atoms. The molecule has 0 unspecified atom stereocenters. The highest BCUT2D eigenvalue weighted by atomic mass is 14.7. The van der Waals surface area contributed by atoms with Crippen molar-refractivity contribution in [3.63, 3.8) is 0 Å². The van der Waals surface area contributed by atoms with E-state index in [1.54, 1.807) is 0 Å². The molecular formula is C12H17N. The van der Waals surface area contributed by atoms with Gasteiger partial charge in [-0.15, -0.1) is 0 Å². The summed E-state index contributed by atoms with van der Waals surface area (Å²) < 4.78 is 0. The Hall–Kier alpha value is -1.11. The van der Waals surface area contributed by atoms with E-state index in [0.717, 1.165) is 5.69 Å². The quantitative estimate of drug-likeness (QED) is 0.670. The van der Waals surface area contributed by atoms with E-state index in [2.05, 4.69) is 44.0 Å². The summed E-state index contributed by atoms with van der Waals surface area (Å²) in [5.41, 5.74) is 3.50. The number of pyridine rings is 1. The Kier molecular flexibility index (Phi) is 3.24. The Balaban J connectivity index is 3.05. The lowest BCUT2D eigenvalue weighted by Crippen LogP contribution is -1.95. The van der Waals surface area contributed by atoms with Crippen LogP contribution in [0.15, 0.2) is 18.2 Å². The number of rotatable bonds is 2. The molecule has 0 fully saturated rings. The number of aryl methyl sites for hydroxylation is 1. The van der Waals surface area contributed by atoms with Gasteiger partial charge in [0.1, 0.15) is 0 Å². The van der Waals surface area contributed by atoms with Crippen molar-refractivity contribution in [2.45, 2.75) is 33.6 Å². The minimum absolute atomic E-state index is 0.512. The van der Waals surface area contributed by atoms with E-state index in [1.807, 2.05) is 13.0 Å². The van der Waals surface area contributed by atoms with Crippen LogP contribution in [0.4, 0.5) is 0 Å². The van der Waals surface area contributed by atoms with E-state index in [0.29, 0.717) is 5.92 Å². The van der Waals surface area contributed by atoms with Gasteiger partial charge in [-0.05, 0) is 31.4 Å². The van der Waals surface area contributed by atoms with Gasteiger partial charge in [-0.3, -0.25) is 4.98 Å². The van der Waals surface area contributed by atoms with Crippen molar-refractivity contribution >= 4 is 6.08 Å². The average molecular weight is 175 g/mol. The van der Waals surface area contributed by atoms with E-state index < -0.39 is 0 Å². The smallest absolute Gasteiger partial charge is 0.0448 e. The van der Waals surface area contributed by atoms with E-state index in [1.165, 1.54) is 11.3 Å². The Morgan fingerprint density at radius 1 is 1.31 bits per heavy atom. The summed E-state index contributed by atoms with van der Waals surface area (Å²) in [5.74, 6) is 0.512. The fraction of sp³-hybridized carbons (Fsp3) is 0.417. The number of aromatic nitrogens is 1. The maximum absolute atomic E-state index is 4.54. The van der Waals surface area contributed by atoms with Crippen LogP contribution in [-0.2, 0) is 0 Å². The van der Waals surface area contributed by atoms with Gasteiger partial charge in [0.25, 0.3) is 0 Å². The first-order valence-electron chi connectivity index (χ1n) is 4.75. The normalized spacial score (nSPS) is 11.5. The molecule has 0 N–H and O–H groups in total. The number of hydrogen-bond acceptors (Lipinski definition) is 1. The molecule has 1 aromatic heterocycles. The third-order valence-corrected chi connectivity index (χ3v) is 2.09. The molecule has 0 saturated heterocycles. The first kappa shape index (κ1) is 9.97. The summed E-state index contributed by atoms with van der Waals surface area (Å²) >= 11 is 0. The fourth-order valence-electron chi connectivity index (χ4n) is 1.27. The highest BCUT2D eigenvalue weighted by Crippen LogP contribution is 2.15. The molecule has 1 aromatic rings. The van der Waals surface area contributed by atoms with Crippen LogP contribution in [0.5, 0.6) is 0 Å². The Morgan fingerprint density at radius 2 is 2.00 bits per heavy atom. The highest BCUT2D eigenvalue weighted by molar-refractivity contribution is 5.51. The van der Waals surface area contributed by atoms with Gasteiger partial charge in [0.2, 0.25) is 0 Å². The van der Waals surface area contributed by atoms with Gasteiger partial charge in [-0.25, -0.2) is 0 Å². The maximum Gasteiger partial charge on any atom is 0.0448 e. The molecule has 0 aliphatic rings. The third kappa shape index (κ3) is 2.41. The van der Waals surface area contributed by atoms with Crippen molar-refractivity contribution in [3.05, 3.63) is 35.2 Å². The van der Waals surface area contributed by atoms with E-state index in [9.17, 15) is 0 Å². The van der Waals surface area contributed by atoms with Crippen LogP contribution in [-0.4, -0.2) is 4.98 Å². The first-order valence-corrected chi connectivity index (χ1v) is 4.75. The lowest BCUT2D eigenvalue weighted by atomic mass is 10.1. The molecule has 1 heterocycles. The van der Waals surface area contributed by atoms with Crippen molar-refractivity contribution in [2.75, 3.05) is 0 Å². The zero-order valence-corrected chi connectivity index (χ0v) is 8.83. The summed E-state index contributed by atoms with van der Waals surface area (Å²) in [5, 5.41) is 0. The highest BCUT2D eigenvalue weighted by Gasteiger charge is 2.02. The second-order valence-electron chi connectivity index (χ2n) is 3.57. The van der Waals surface area contributed by atoms with E-state index in [4.69, 9.17) is 0 Å². The summed E-state index contributed by atoms with van der Waals surface area (Å²) in [7, 11) is 0. The predicted molar refractivity (Wildman–Crippen MR) is 57.8 cm³/mol. The molecule has 0 aliphatic carbocycles. The van der Waals surface area contributed by atoms with Crippen LogP contribution in [0, 0.1) is 6.92 Å². The van der Waals surface area contributed by atoms with Gasteiger partial charge in [0.15, 0.2) is 0 Å².